The van der Waals surface area contributed by atoms with Crippen LogP contribution in [0.2, 0.25) is 0 Å². The average Bonchev–Trinajstić information content (AvgIpc) is 2.98. The number of nitrogens with zero attached hydrogens (tertiary/aromatic N) is 2. The Bertz CT molecular complexity index is 600. The minimum Gasteiger partial charge on any atom is -0.489 e. The van der Waals surface area contributed by atoms with Crippen molar-refractivity contribution in [1.82, 2.24) is 10.2 Å². The van der Waals surface area contributed by atoms with Crippen molar-refractivity contribution in [2.24, 2.45) is 16.8 Å². The van der Waals surface area contributed by atoms with Crippen molar-refractivity contribution in [1.29, 1.82) is 0 Å². The first-order valence-electron chi connectivity index (χ1n) is 8.71. The molecule has 6 nitrogen and oxygen atoms in total. The molecule has 0 bridgehead atoms. The molecule has 0 aromatic heterocycles. The number of hydrogen-bond donors (Lipinski definition) is 1. The lowest BCUT2D eigenvalue weighted by Crippen LogP contribution is -2.44. The van der Waals surface area contributed by atoms with E-state index in [1.54, 1.807) is 7.05 Å². The lowest BCUT2D eigenvalue weighted by atomic mass is 9.99. The van der Waals surface area contributed by atoms with Gasteiger partial charge in [0, 0.05) is 20.1 Å². The first kappa shape index (κ1) is 19.1. The molecule has 2 rings (SSSR count). The van der Waals surface area contributed by atoms with Crippen molar-refractivity contribution in [3.05, 3.63) is 29.8 Å². The maximum Gasteiger partial charge on any atom is 0.310 e. The van der Waals surface area contributed by atoms with Crippen molar-refractivity contribution < 1.29 is 14.3 Å². The third-order valence-electron chi connectivity index (χ3n) is 4.53. The number of aliphatic imine (C=N–C) groups is 1. The number of hydrogen-bond acceptors (Lipinski definition) is 4. The summed E-state index contributed by atoms with van der Waals surface area (Å²) in [5.74, 6) is 1.63. The maximum atomic E-state index is 11.8. The van der Waals surface area contributed by atoms with Gasteiger partial charge in [-0.1, -0.05) is 24.6 Å². The highest BCUT2D eigenvalue weighted by atomic mass is 16.5. The van der Waals surface area contributed by atoms with Gasteiger partial charge in [0.1, 0.15) is 11.9 Å². The maximum absolute atomic E-state index is 11.8. The van der Waals surface area contributed by atoms with Gasteiger partial charge in [0.2, 0.25) is 0 Å². The molecule has 1 aromatic carbocycles. The summed E-state index contributed by atoms with van der Waals surface area (Å²) in [4.78, 5) is 18.3. The molecule has 1 heterocycles. The summed E-state index contributed by atoms with van der Waals surface area (Å²) in [5, 5.41) is 3.34. The Hall–Kier alpha value is -2.24. The number of carbonyl (C=O) groups is 1. The number of methoxy groups -OCH3 is 1. The Morgan fingerprint density at radius 3 is 2.64 bits per heavy atom. The number of guanidine groups is 1. The van der Waals surface area contributed by atoms with Crippen LogP contribution < -0.4 is 10.1 Å². The van der Waals surface area contributed by atoms with E-state index in [4.69, 9.17) is 9.47 Å². The summed E-state index contributed by atoms with van der Waals surface area (Å²) >= 11 is 0. The van der Waals surface area contributed by atoms with E-state index in [0.717, 1.165) is 18.3 Å². The van der Waals surface area contributed by atoms with Gasteiger partial charge in [-0.3, -0.25) is 9.79 Å². The molecule has 0 radical (unpaired) electrons. The first-order chi connectivity index (χ1) is 11.9. The van der Waals surface area contributed by atoms with E-state index in [2.05, 4.69) is 29.1 Å². The summed E-state index contributed by atoms with van der Waals surface area (Å²) in [6.07, 6.45) is -0.00381. The third-order valence-corrected chi connectivity index (χ3v) is 4.53. The van der Waals surface area contributed by atoms with E-state index in [1.807, 2.05) is 31.2 Å². The first-order valence-corrected chi connectivity index (χ1v) is 8.71. The third kappa shape index (κ3) is 5.11. The van der Waals surface area contributed by atoms with Crippen molar-refractivity contribution in [2.75, 3.05) is 33.8 Å². The lowest BCUT2D eigenvalue weighted by Gasteiger charge is -2.23. The molecule has 1 fully saturated rings. The van der Waals surface area contributed by atoms with Crippen LogP contribution in [0.5, 0.6) is 5.75 Å². The summed E-state index contributed by atoms with van der Waals surface area (Å²) < 4.78 is 10.8. The van der Waals surface area contributed by atoms with Crippen LogP contribution in [-0.2, 0) is 9.53 Å². The number of aryl methyl sites for hydroxylation is 1. The van der Waals surface area contributed by atoms with Gasteiger partial charge < -0.3 is 19.7 Å². The number of benzene rings is 1. The number of nitrogens with one attached hydrogen (secondary N) is 1. The van der Waals surface area contributed by atoms with Gasteiger partial charge in [0.05, 0.1) is 19.6 Å². The second-order valence-corrected chi connectivity index (χ2v) is 6.68. The number of likely N-dealkylation sites (tertiary alicyclic amines) is 1. The number of carbonyl (C=O) groups excluding carboxylic acids is 1. The molecule has 0 spiro atoms. The van der Waals surface area contributed by atoms with Crippen LogP contribution in [0.3, 0.4) is 0 Å². The van der Waals surface area contributed by atoms with Crippen LogP contribution in [-0.4, -0.2) is 56.7 Å². The molecule has 3 unspecified atom stereocenters. The van der Waals surface area contributed by atoms with E-state index in [9.17, 15) is 4.79 Å². The quantitative estimate of drug-likeness (QED) is 0.502. The molecule has 0 saturated carbocycles. The Balaban J connectivity index is 1.86. The molecule has 0 amide bonds. The largest absolute Gasteiger partial charge is 0.489 e. The molecule has 1 aromatic rings. The Labute approximate surface area is 150 Å². The van der Waals surface area contributed by atoms with Crippen molar-refractivity contribution in [3.8, 4) is 5.75 Å². The van der Waals surface area contributed by atoms with Crippen LogP contribution in [0.15, 0.2) is 29.3 Å². The number of rotatable bonds is 5. The van der Waals surface area contributed by atoms with Gasteiger partial charge in [0.15, 0.2) is 5.96 Å². The van der Waals surface area contributed by atoms with Crippen LogP contribution in [0.25, 0.3) is 0 Å². The summed E-state index contributed by atoms with van der Waals surface area (Å²) in [6.45, 7) is 8.18. The van der Waals surface area contributed by atoms with Gasteiger partial charge in [-0.25, -0.2) is 0 Å². The highest BCUT2D eigenvalue weighted by Crippen LogP contribution is 2.24. The van der Waals surface area contributed by atoms with Crippen molar-refractivity contribution in [3.63, 3.8) is 0 Å². The molecule has 0 aliphatic carbocycles. The van der Waals surface area contributed by atoms with E-state index in [0.29, 0.717) is 13.1 Å². The molecule has 3 atom stereocenters. The number of ether oxygens (including phenoxy) is 2. The van der Waals surface area contributed by atoms with Crippen molar-refractivity contribution >= 4 is 11.9 Å². The summed E-state index contributed by atoms with van der Waals surface area (Å²) in [7, 11) is 3.19. The zero-order valence-electron chi connectivity index (χ0n) is 15.8. The minimum absolute atomic E-state index is 0.00381. The molecule has 25 heavy (non-hydrogen) atoms. The van der Waals surface area contributed by atoms with Gasteiger partial charge in [-0.2, -0.15) is 0 Å². The zero-order chi connectivity index (χ0) is 18.4. The summed E-state index contributed by atoms with van der Waals surface area (Å²) in [6, 6.07) is 8.02. The monoisotopic (exact) mass is 347 g/mol. The Kier molecular flexibility index (Phi) is 6.67. The second-order valence-electron chi connectivity index (χ2n) is 6.68. The molecular formula is C19H29N3O3. The highest BCUT2D eigenvalue weighted by molar-refractivity contribution is 5.82. The predicted molar refractivity (Wildman–Crippen MR) is 98.9 cm³/mol. The van der Waals surface area contributed by atoms with Gasteiger partial charge in [-0.15, -0.1) is 0 Å². The fraction of sp³-hybridized carbons (Fsp3) is 0.579. The molecule has 1 N–H and O–H groups in total. The highest BCUT2D eigenvalue weighted by Gasteiger charge is 2.36. The second kappa shape index (κ2) is 8.74. The smallest absolute Gasteiger partial charge is 0.310 e. The molecule has 1 aliphatic rings. The van der Waals surface area contributed by atoms with Gasteiger partial charge >= 0.3 is 5.97 Å². The average molecular weight is 347 g/mol. The van der Waals surface area contributed by atoms with Crippen LogP contribution >= 0.6 is 0 Å². The van der Waals surface area contributed by atoms with Crippen LogP contribution in [0.1, 0.15) is 19.4 Å². The topological polar surface area (TPSA) is 63.2 Å². The fourth-order valence-electron chi connectivity index (χ4n) is 3.06. The standard InChI is InChI=1S/C19H29N3O3/c1-13-6-8-16(9-7-13)25-15(3)10-21-19(20-4)22-11-14(2)17(12-22)18(23)24-5/h6-9,14-15,17H,10-12H2,1-5H3,(H,20,21). The SMILES string of the molecule is CN=C(NCC(C)Oc1ccc(C)cc1)N1CC(C)C(C(=O)OC)C1. The van der Waals surface area contributed by atoms with E-state index in [-0.39, 0.29) is 23.9 Å². The normalized spacial score (nSPS) is 21.8. The van der Waals surface area contributed by atoms with E-state index >= 15 is 0 Å². The minimum atomic E-state index is -0.151. The van der Waals surface area contributed by atoms with E-state index in [1.165, 1.54) is 12.7 Å². The van der Waals surface area contributed by atoms with E-state index < -0.39 is 0 Å². The molecule has 138 valence electrons. The molecule has 1 aliphatic heterocycles. The zero-order valence-corrected chi connectivity index (χ0v) is 15.8. The number of esters is 1. The van der Waals surface area contributed by atoms with Gasteiger partial charge in [0.25, 0.3) is 0 Å². The molecular weight excluding hydrogens is 318 g/mol. The Morgan fingerprint density at radius 1 is 1.36 bits per heavy atom. The van der Waals surface area contributed by atoms with Crippen LogP contribution in [0.4, 0.5) is 0 Å². The van der Waals surface area contributed by atoms with Crippen molar-refractivity contribution in [2.45, 2.75) is 26.9 Å². The summed E-state index contributed by atoms with van der Waals surface area (Å²) in [5.41, 5.74) is 1.21. The lowest BCUT2D eigenvalue weighted by molar-refractivity contribution is -0.145. The fourth-order valence-corrected chi connectivity index (χ4v) is 3.06. The van der Waals surface area contributed by atoms with Crippen LogP contribution in [0, 0.1) is 18.8 Å². The molecule has 1 saturated heterocycles. The predicted octanol–water partition coefficient (Wildman–Crippen LogP) is 2.08. The van der Waals surface area contributed by atoms with Gasteiger partial charge in [-0.05, 0) is 31.9 Å². The Morgan fingerprint density at radius 2 is 2.04 bits per heavy atom. The molecule has 6 heteroatoms.